The van der Waals surface area contributed by atoms with Crippen LogP contribution in [0.3, 0.4) is 0 Å². The Kier molecular flexibility index (Phi) is 1.92. The minimum absolute atomic E-state index is 0.209. The van der Waals surface area contributed by atoms with E-state index >= 15 is 0 Å². The van der Waals surface area contributed by atoms with Gasteiger partial charge in [0.1, 0.15) is 0 Å². The van der Waals surface area contributed by atoms with Crippen molar-refractivity contribution in [2.75, 3.05) is 26.3 Å². The molecule has 2 aliphatic heterocycles. The number of piperidine rings is 1. The summed E-state index contributed by atoms with van der Waals surface area (Å²) >= 11 is 0. The molecule has 0 amide bonds. The summed E-state index contributed by atoms with van der Waals surface area (Å²) < 4.78 is 5.38. The number of hydrogen-bond donors (Lipinski definition) is 2. The fourth-order valence-electron chi connectivity index (χ4n) is 2.08. The van der Waals surface area contributed by atoms with Crippen LogP contribution in [0.5, 0.6) is 0 Å². The number of ether oxygens (including phenoxy) is 1. The van der Waals surface area contributed by atoms with Crippen molar-refractivity contribution < 1.29 is 4.74 Å². The van der Waals surface area contributed by atoms with Crippen LogP contribution in [0.2, 0.25) is 0 Å². The minimum Gasteiger partial charge on any atom is -0.381 e. The molecular weight excluding hydrogens is 154 g/mol. The predicted molar refractivity (Wildman–Crippen MR) is 45.9 cm³/mol. The fraction of sp³-hybridized carbons (Fsp3) is 0.875. The molecule has 0 aromatic heterocycles. The standard InChI is InChI=1S/C8H15N3O/c9-8(10)11-2-1-6-4-12-5-7(6)3-11/h6-7H,1-5H2,(H3,9,10)/t6-,7-/m1/s1. The van der Waals surface area contributed by atoms with E-state index in [-0.39, 0.29) is 5.96 Å². The normalized spacial score (nSPS) is 34.8. The van der Waals surface area contributed by atoms with Gasteiger partial charge >= 0.3 is 0 Å². The van der Waals surface area contributed by atoms with Crippen LogP contribution in [0.25, 0.3) is 0 Å². The van der Waals surface area contributed by atoms with Gasteiger partial charge in [-0.25, -0.2) is 0 Å². The first-order valence-corrected chi connectivity index (χ1v) is 4.44. The second-order valence-electron chi connectivity index (χ2n) is 3.68. The number of likely N-dealkylation sites (tertiary alicyclic amines) is 1. The van der Waals surface area contributed by atoms with Crippen LogP contribution in [0.15, 0.2) is 0 Å². The van der Waals surface area contributed by atoms with Crippen LogP contribution < -0.4 is 5.73 Å². The van der Waals surface area contributed by atoms with Gasteiger partial charge in [0, 0.05) is 25.6 Å². The molecule has 2 saturated heterocycles. The summed E-state index contributed by atoms with van der Waals surface area (Å²) in [6.45, 7) is 3.62. The molecule has 12 heavy (non-hydrogen) atoms. The van der Waals surface area contributed by atoms with Crippen molar-refractivity contribution in [2.24, 2.45) is 17.6 Å². The van der Waals surface area contributed by atoms with Crippen molar-refractivity contribution in [1.82, 2.24) is 4.90 Å². The van der Waals surface area contributed by atoms with Gasteiger partial charge in [0.25, 0.3) is 0 Å². The molecule has 0 radical (unpaired) electrons. The molecule has 0 aromatic rings. The third-order valence-corrected chi connectivity index (χ3v) is 2.90. The molecule has 2 aliphatic rings. The van der Waals surface area contributed by atoms with Gasteiger partial charge in [-0.3, -0.25) is 5.41 Å². The van der Waals surface area contributed by atoms with E-state index < -0.39 is 0 Å². The second-order valence-corrected chi connectivity index (χ2v) is 3.68. The van der Waals surface area contributed by atoms with Crippen molar-refractivity contribution in [3.8, 4) is 0 Å². The van der Waals surface area contributed by atoms with E-state index in [1.807, 2.05) is 4.90 Å². The molecule has 0 aliphatic carbocycles. The second kappa shape index (κ2) is 2.94. The molecule has 3 N–H and O–H groups in total. The molecule has 2 rings (SSSR count). The molecule has 4 nitrogen and oxygen atoms in total. The SMILES string of the molecule is N=C(N)N1CC[C@@H]2COC[C@H]2C1. The first kappa shape index (κ1) is 7.86. The topological polar surface area (TPSA) is 62.3 Å². The van der Waals surface area contributed by atoms with Crippen molar-refractivity contribution in [3.63, 3.8) is 0 Å². The Labute approximate surface area is 72.2 Å². The average Bonchev–Trinajstić information content (AvgIpc) is 2.49. The number of nitrogens with two attached hydrogens (primary N) is 1. The molecule has 2 atom stereocenters. The van der Waals surface area contributed by atoms with Gasteiger partial charge in [0.05, 0.1) is 6.61 Å². The molecule has 0 spiro atoms. The third-order valence-electron chi connectivity index (χ3n) is 2.90. The molecule has 4 heteroatoms. The van der Waals surface area contributed by atoms with E-state index in [4.69, 9.17) is 15.9 Å². The van der Waals surface area contributed by atoms with Gasteiger partial charge in [0.2, 0.25) is 0 Å². The highest BCUT2D eigenvalue weighted by molar-refractivity contribution is 5.74. The lowest BCUT2D eigenvalue weighted by Gasteiger charge is -2.33. The summed E-state index contributed by atoms with van der Waals surface area (Å²) in [5.74, 6) is 1.54. The Balaban J connectivity index is 1.96. The Morgan fingerprint density at radius 2 is 2.17 bits per heavy atom. The summed E-state index contributed by atoms with van der Waals surface area (Å²) in [4.78, 5) is 1.94. The highest BCUT2D eigenvalue weighted by Crippen LogP contribution is 2.28. The molecule has 68 valence electrons. The third kappa shape index (κ3) is 1.27. The lowest BCUT2D eigenvalue weighted by Crippen LogP contribution is -2.46. The van der Waals surface area contributed by atoms with Gasteiger partial charge in [0.15, 0.2) is 5.96 Å². The first-order chi connectivity index (χ1) is 5.77. The number of nitrogens with zero attached hydrogens (tertiary/aromatic N) is 1. The average molecular weight is 169 g/mol. The van der Waals surface area contributed by atoms with E-state index in [2.05, 4.69) is 0 Å². The number of rotatable bonds is 0. The molecule has 2 heterocycles. The van der Waals surface area contributed by atoms with Gasteiger partial charge in [-0.2, -0.15) is 0 Å². The summed E-state index contributed by atoms with van der Waals surface area (Å²) in [6.07, 6.45) is 1.13. The van der Waals surface area contributed by atoms with Crippen LogP contribution >= 0.6 is 0 Å². The fourth-order valence-corrected chi connectivity index (χ4v) is 2.08. The Hall–Kier alpha value is -0.770. The van der Waals surface area contributed by atoms with Crippen LogP contribution in [0, 0.1) is 17.2 Å². The van der Waals surface area contributed by atoms with E-state index in [0.717, 1.165) is 38.6 Å². The van der Waals surface area contributed by atoms with Gasteiger partial charge in [-0.05, 0) is 12.3 Å². The van der Waals surface area contributed by atoms with Crippen molar-refractivity contribution in [2.45, 2.75) is 6.42 Å². The summed E-state index contributed by atoms with van der Waals surface area (Å²) in [5.41, 5.74) is 5.42. The Morgan fingerprint density at radius 1 is 1.42 bits per heavy atom. The number of hydrogen-bond acceptors (Lipinski definition) is 2. The zero-order valence-corrected chi connectivity index (χ0v) is 7.12. The van der Waals surface area contributed by atoms with Gasteiger partial charge in [-0.1, -0.05) is 0 Å². The summed E-state index contributed by atoms with van der Waals surface area (Å²) in [5, 5.41) is 7.30. The number of fused-ring (bicyclic) bond motifs is 1. The van der Waals surface area contributed by atoms with Crippen LogP contribution in [0.1, 0.15) is 6.42 Å². The first-order valence-electron chi connectivity index (χ1n) is 4.44. The van der Waals surface area contributed by atoms with Crippen LogP contribution in [-0.2, 0) is 4.74 Å². The summed E-state index contributed by atoms with van der Waals surface area (Å²) in [7, 11) is 0. The smallest absolute Gasteiger partial charge is 0.188 e. The van der Waals surface area contributed by atoms with E-state index in [0.29, 0.717) is 5.92 Å². The maximum Gasteiger partial charge on any atom is 0.188 e. The van der Waals surface area contributed by atoms with E-state index in [1.54, 1.807) is 0 Å². The van der Waals surface area contributed by atoms with Crippen molar-refractivity contribution >= 4 is 5.96 Å². The lowest BCUT2D eigenvalue weighted by atomic mass is 9.89. The zero-order valence-electron chi connectivity index (χ0n) is 7.12. The van der Waals surface area contributed by atoms with E-state index in [9.17, 15) is 0 Å². The predicted octanol–water partition coefficient (Wildman–Crippen LogP) is -0.152. The number of guanidine groups is 1. The molecule has 2 fully saturated rings. The number of nitrogens with one attached hydrogen (secondary N) is 1. The lowest BCUT2D eigenvalue weighted by molar-refractivity contribution is 0.181. The Bertz CT molecular complexity index is 195. The largest absolute Gasteiger partial charge is 0.381 e. The molecule has 0 unspecified atom stereocenters. The van der Waals surface area contributed by atoms with Crippen molar-refractivity contribution in [1.29, 1.82) is 5.41 Å². The molecule has 0 bridgehead atoms. The maximum absolute atomic E-state index is 7.30. The Morgan fingerprint density at radius 3 is 2.92 bits per heavy atom. The maximum atomic E-state index is 7.30. The monoisotopic (exact) mass is 169 g/mol. The quantitative estimate of drug-likeness (QED) is 0.391. The van der Waals surface area contributed by atoms with E-state index in [1.165, 1.54) is 0 Å². The van der Waals surface area contributed by atoms with Gasteiger partial charge < -0.3 is 15.4 Å². The van der Waals surface area contributed by atoms with Crippen molar-refractivity contribution in [3.05, 3.63) is 0 Å². The highest BCUT2D eigenvalue weighted by Gasteiger charge is 2.33. The molecule has 0 aromatic carbocycles. The summed E-state index contributed by atoms with van der Waals surface area (Å²) in [6, 6.07) is 0. The van der Waals surface area contributed by atoms with Crippen LogP contribution in [0.4, 0.5) is 0 Å². The van der Waals surface area contributed by atoms with Gasteiger partial charge in [-0.15, -0.1) is 0 Å². The molecule has 0 saturated carbocycles. The zero-order chi connectivity index (χ0) is 8.55. The highest BCUT2D eigenvalue weighted by atomic mass is 16.5. The minimum atomic E-state index is 0.209. The van der Waals surface area contributed by atoms with Crippen LogP contribution in [-0.4, -0.2) is 37.2 Å². The molecular formula is C8H15N3O.